The van der Waals surface area contributed by atoms with E-state index >= 15 is 0 Å². The quantitative estimate of drug-likeness (QED) is 0.707. The van der Waals surface area contributed by atoms with E-state index in [1.165, 1.54) is 4.68 Å². The molecule has 0 atom stereocenters. The molecular weight excluding hydrogens is 380 g/mol. The average molecular weight is 407 g/mol. The minimum absolute atomic E-state index is 0.0880. The van der Waals surface area contributed by atoms with Crippen LogP contribution in [-0.4, -0.2) is 52.0 Å². The van der Waals surface area contributed by atoms with Gasteiger partial charge in [0, 0.05) is 37.7 Å². The molecule has 1 saturated heterocycles. The highest BCUT2D eigenvalue weighted by Gasteiger charge is 2.28. The molecule has 7 nitrogen and oxygen atoms in total. The maximum absolute atomic E-state index is 12.6. The van der Waals surface area contributed by atoms with Crippen molar-refractivity contribution in [3.63, 3.8) is 0 Å². The summed E-state index contributed by atoms with van der Waals surface area (Å²) in [7, 11) is 1.61. The maximum atomic E-state index is 12.6. The number of benzene rings is 1. The fourth-order valence-corrected chi connectivity index (χ4v) is 3.89. The monoisotopic (exact) mass is 406 g/mol. The van der Waals surface area contributed by atoms with Gasteiger partial charge >= 0.3 is 5.69 Å². The van der Waals surface area contributed by atoms with Gasteiger partial charge < -0.3 is 9.64 Å². The number of ether oxygens (including phenoxy) is 1. The van der Waals surface area contributed by atoms with Gasteiger partial charge in [-0.15, -0.1) is 0 Å². The van der Waals surface area contributed by atoms with Crippen LogP contribution in [0.3, 0.4) is 0 Å². The molecule has 0 unspecified atom stereocenters. The van der Waals surface area contributed by atoms with E-state index in [9.17, 15) is 9.59 Å². The van der Waals surface area contributed by atoms with Crippen LogP contribution in [0, 0.1) is 0 Å². The van der Waals surface area contributed by atoms with Crippen molar-refractivity contribution < 1.29 is 9.53 Å². The van der Waals surface area contributed by atoms with Crippen LogP contribution in [0.4, 0.5) is 0 Å². The molecule has 0 N–H and O–H groups in total. The third-order valence-electron chi connectivity index (χ3n) is 5.29. The van der Waals surface area contributed by atoms with Crippen molar-refractivity contribution in [2.75, 3.05) is 26.8 Å². The molecule has 1 aromatic carbocycles. The van der Waals surface area contributed by atoms with E-state index in [-0.39, 0.29) is 17.5 Å². The van der Waals surface area contributed by atoms with E-state index in [4.69, 9.17) is 16.3 Å². The normalized spacial score (nSPS) is 15.2. The Morgan fingerprint density at radius 1 is 1.29 bits per heavy atom. The second-order valence-electron chi connectivity index (χ2n) is 7.02. The van der Waals surface area contributed by atoms with Crippen LogP contribution in [0.1, 0.15) is 37.1 Å². The summed E-state index contributed by atoms with van der Waals surface area (Å²) in [4.78, 5) is 27.0. The summed E-state index contributed by atoms with van der Waals surface area (Å²) in [6.45, 7) is 4.77. The first-order valence-corrected chi connectivity index (χ1v) is 10.1. The molecule has 0 bridgehead atoms. The van der Waals surface area contributed by atoms with Crippen LogP contribution < -0.4 is 5.69 Å². The molecule has 152 valence electrons. The number of aromatic nitrogens is 3. The number of hydrogen-bond acceptors (Lipinski definition) is 4. The number of amides is 1. The highest BCUT2D eigenvalue weighted by Crippen LogP contribution is 2.27. The highest BCUT2D eigenvalue weighted by atomic mass is 35.5. The summed E-state index contributed by atoms with van der Waals surface area (Å²) < 4.78 is 8.29. The molecule has 1 aliphatic rings. The lowest BCUT2D eigenvalue weighted by Crippen LogP contribution is -2.39. The molecule has 0 radical (unpaired) electrons. The molecule has 28 heavy (non-hydrogen) atoms. The second kappa shape index (κ2) is 9.39. The molecule has 3 rings (SSSR count). The fraction of sp³-hybridized carbons (Fsp3) is 0.550. The van der Waals surface area contributed by atoms with Gasteiger partial charge in [0.25, 0.3) is 0 Å². The van der Waals surface area contributed by atoms with E-state index in [0.29, 0.717) is 44.2 Å². The Morgan fingerprint density at radius 3 is 2.64 bits per heavy atom. The van der Waals surface area contributed by atoms with Crippen molar-refractivity contribution in [3.8, 4) is 0 Å². The minimum Gasteiger partial charge on any atom is -0.383 e. The van der Waals surface area contributed by atoms with Crippen molar-refractivity contribution in [1.82, 2.24) is 19.2 Å². The average Bonchev–Trinajstić information content (AvgIpc) is 3.03. The first-order valence-electron chi connectivity index (χ1n) is 9.72. The van der Waals surface area contributed by atoms with Crippen molar-refractivity contribution in [1.29, 1.82) is 0 Å². The number of hydrogen-bond donors (Lipinski definition) is 0. The molecule has 0 spiro atoms. The van der Waals surface area contributed by atoms with Crippen LogP contribution in [0.2, 0.25) is 5.02 Å². The van der Waals surface area contributed by atoms with E-state index in [2.05, 4.69) is 5.10 Å². The number of rotatable bonds is 7. The molecule has 1 fully saturated rings. The number of likely N-dealkylation sites (tertiary alicyclic amines) is 1. The molecule has 2 heterocycles. The van der Waals surface area contributed by atoms with E-state index in [0.717, 1.165) is 24.2 Å². The summed E-state index contributed by atoms with van der Waals surface area (Å²) in [5, 5.41) is 5.18. The second-order valence-corrected chi connectivity index (χ2v) is 7.43. The maximum Gasteiger partial charge on any atom is 0.345 e. The Kier molecular flexibility index (Phi) is 6.91. The lowest BCUT2D eigenvalue weighted by atomic mass is 9.95. The van der Waals surface area contributed by atoms with Crippen molar-refractivity contribution in [3.05, 3.63) is 51.2 Å². The minimum atomic E-state index is -0.0909. The van der Waals surface area contributed by atoms with Crippen LogP contribution in [0.25, 0.3) is 0 Å². The van der Waals surface area contributed by atoms with E-state index in [1.807, 2.05) is 30.0 Å². The lowest BCUT2D eigenvalue weighted by molar-refractivity contribution is -0.131. The van der Waals surface area contributed by atoms with Gasteiger partial charge in [-0.25, -0.2) is 9.48 Å². The third kappa shape index (κ3) is 4.47. The van der Waals surface area contributed by atoms with Gasteiger partial charge in [-0.1, -0.05) is 29.8 Å². The SMILES string of the molecule is CCn1c(C2CCN(C(=O)Cc3ccccc3Cl)CC2)nn(CCOC)c1=O. The van der Waals surface area contributed by atoms with Crippen molar-refractivity contribution in [2.45, 2.75) is 45.2 Å². The first-order chi connectivity index (χ1) is 13.5. The van der Waals surface area contributed by atoms with Crippen LogP contribution in [0.15, 0.2) is 29.1 Å². The number of halogens is 1. The Labute approximate surface area is 169 Å². The van der Waals surface area contributed by atoms with Crippen molar-refractivity contribution in [2.24, 2.45) is 0 Å². The zero-order valence-electron chi connectivity index (χ0n) is 16.4. The predicted octanol–water partition coefficient (Wildman–Crippen LogP) is 2.31. The van der Waals surface area contributed by atoms with E-state index < -0.39 is 0 Å². The summed E-state index contributed by atoms with van der Waals surface area (Å²) in [5.74, 6) is 1.09. The zero-order chi connectivity index (χ0) is 20.1. The fourth-order valence-electron chi connectivity index (χ4n) is 3.68. The number of methoxy groups -OCH3 is 1. The van der Waals surface area contributed by atoms with E-state index in [1.54, 1.807) is 17.7 Å². The van der Waals surface area contributed by atoms with Crippen LogP contribution in [-0.2, 0) is 29.0 Å². The van der Waals surface area contributed by atoms with Gasteiger partial charge in [0.1, 0.15) is 5.82 Å². The molecule has 1 aliphatic heterocycles. The van der Waals surface area contributed by atoms with Gasteiger partial charge in [-0.05, 0) is 31.4 Å². The van der Waals surface area contributed by atoms with Gasteiger partial charge in [-0.2, -0.15) is 5.10 Å². The topological polar surface area (TPSA) is 69.4 Å². The van der Waals surface area contributed by atoms with Gasteiger partial charge in [-0.3, -0.25) is 9.36 Å². The van der Waals surface area contributed by atoms with Crippen LogP contribution in [0.5, 0.6) is 0 Å². The summed E-state index contributed by atoms with van der Waals surface area (Å²) in [5.41, 5.74) is 0.764. The van der Waals surface area contributed by atoms with Gasteiger partial charge in [0.2, 0.25) is 5.91 Å². The van der Waals surface area contributed by atoms with Gasteiger partial charge in [0.15, 0.2) is 0 Å². The third-order valence-corrected chi connectivity index (χ3v) is 5.66. The van der Waals surface area contributed by atoms with Gasteiger partial charge in [0.05, 0.1) is 19.6 Å². The summed E-state index contributed by atoms with van der Waals surface area (Å²) >= 11 is 6.17. The summed E-state index contributed by atoms with van der Waals surface area (Å²) in [6.07, 6.45) is 1.92. The van der Waals surface area contributed by atoms with Crippen LogP contribution >= 0.6 is 11.6 Å². The molecule has 1 aromatic heterocycles. The molecule has 8 heteroatoms. The largest absolute Gasteiger partial charge is 0.383 e. The molecule has 0 saturated carbocycles. The number of carbonyl (C=O) groups is 1. The standard InChI is InChI=1S/C20H27ClN4O3/c1-3-24-19(22-25(20(24)27)12-13-28-2)15-8-10-23(11-9-15)18(26)14-16-6-4-5-7-17(16)21/h4-7,15H,3,8-14H2,1-2H3. The zero-order valence-corrected chi connectivity index (χ0v) is 17.2. The predicted molar refractivity (Wildman–Crippen MR) is 108 cm³/mol. The van der Waals surface area contributed by atoms with Crippen molar-refractivity contribution >= 4 is 17.5 Å². The molecule has 1 amide bonds. The highest BCUT2D eigenvalue weighted by molar-refractivity contribution is 6.31. The Morgan fingerprint density at radius 2 is 2.00 bits per heavy atom. The summed E-state index contributed by atoms with van der Waals surface area (Å²) in [6, 6.07) is 7.45. The molecule has 2 aromatic rings. The lowest BCUT2D eigenvalue weighted by Gasteiger charge is -2.31. The number of piperidine rings is 1. The molecular formula is C20H27ClN4O3. The number of nitrogens with zero attached hydrogens (tertiary/aromatic N) is 4. The Balaban J connectivity index is 1.64. The number of carbonyl (C=O) groups excluding carboxylic acids is 1. The first kappa shape index (κ1) is 20.6. The smallest absolute Gasteiger partial charge is 0.345 e. The molecule has 0 aliphatic carbocycles. The Hall–Kier alpha value is -2.12. The Bertz CT molecular complexity index is 869.